The zero-order valence-corrected chi connectivity index (χ0v) is 80.6. The van der Waals surface area contributed by atoms with Crippen molar-refractivity contribution in [3.63, 3.8) is 0 Å². The summed E-state index contributed by atoms with van der Waals surface area (Å²) in [6.45, 7) is 20.2. The number of alkyl carbamates (subject to hydrolysis) is 4. The van der Waals surface area contributed by atoms with E-state index in [0.29, 0.717) is 81.4 Å². The molecule has 6 aliphatic rings. The van der Waals surface area contributed by atoms with Gasteiger partial charge in [0.05, 0.1) is 101 Å². The standard InChI is InChI=1S/C51H55N7O7.C46H54N6O6.C10H11NO4/c1-7-12-33-25-36(42-27-52-47(54-42)43-15-11-22-57(43)48(59)45(30(2)3)55-50(61)64-5)17-19-37(33)34-16-20-38-35(24-34)18-21-40-39(38)26-41(53-40)44-23-31(29-63-4)28-58(44)49(60)46(56-51(62)65-6)32-13-9-8-10-14-32;1-9-11-29-22-32(38-24-47-42(49-38)39-12-10-19-51(39)43(53)41(27(2)3)50-44(54)57-8)14-16-33(29)30-13-17-34-31(21-30)15-18-36-35(34)23-37(48-36)40-20-28(26-56-7)25-52(40)45(55)58-46(4,5)6;1-15-10(14)11-8(9(12)13)7-5-3-2-4-6-7/h8-10,13-14,16-21,24-25,27,30-31,43-46H,11,15,22-23,26,28-29H2,1-6H3,(H,52,54)(H,55,61)(H,56,62);13-18,21-22,24,27-28,39-41H,10,12,19-20,23,25-26H2,1-8H3,(H,47,49)(H,50,54);2-6,8H,1H3,(H,11,14)(H,12,13)/t31-,43-,44-,45-,46+;28-,39-,40-,41-;8-/m001/s1. The molecule has 8 aromatic carbocycles. The minimum absolute atomic E-state index is 0.102. The first kappa shape index (κ1) is 99.3. The summed E-state index contributed by atoms with van der Waals surface area (Å²) in [5.74, 6) is 12.7. The lowest BCUT2D eigenvalue weighted by atomic mass is 9.92. The molecule has 0 radical (unpaired) electrons. The van der Waals surface area contributed by atoms with Gasteiger partial charge in [0.2, 0.25) is 17.7 Å². The molecule has 10 aromatic rings. The summed E-state index contributed by atoms with van der Waals surface area (Å²) < 4.78 is 35.7. The normalized spacial score (nSPS) is 18.2. The molecule has 720 valence electrons. The molecule has 10 atom stereocenters. The van der Waals surface area contributed by atoms with E-state index in [9.17, 15) is 43.2 Å². The first-order valence-electron chi connectivity index (χ1n) is 46.5. The lowest BCUT2D eigenvalue weighted by molar-refractivity contribution is -0.139. The summed E-state index contributed by atoms with van der Waals surface area (Å²) in [6, 6.07) is 47.1. The van der Waals surface area contributed by atoms with Crippen LogP contribution < -0.4 is 21.3 Å². The maximum atomic E-state index is 14.4. The molecule has 0 aliphatic carbocycles. The highest BCUT2D eigenvalue weighted by Gasteiger charge is 2.46. The number of hydrogen-bond acceptors (Lipinski definition) is 20. The van der Waals surface area contributed by atoms with Crippen LogP contribution in [0.25, 0.3) is 66.3 Å². The first-order chi connectivity index (χ1) is 66.4. The predicted octanol–water partition coefficient (Wildman–Crippen LogP) is 17.3. The molecular formula is C107H120N14O17. The van der Waals surface area contributed by atoms with Crippen molar-refractivity contribution in [2.24, 2.45) is 33.7 Å². The number of ether oxygens (including phenoxy) is 7. The van der Waals surface area contributed by atoms with Gasteiger partial charge >= 0.3 is 36.4 Å². The van der Waals surface area contributed by atoms with E-state index in [1.807, 2.05) is 114 Å². The number of aliphatic imine (C=N–C) groups is 2. The zero-order chi connectivity index (χ0) is 98.3. The molecule has 0 saturated carbocycles. The summed E-state index contributed by atoms with van der Waals surface area (Å²) in [5, 5.41) is 23.7. The van der Waals surface area contributed by atoms with Crippen LogP contribution in [0.1, 0.15) is 170 Å². The number of aromatic nitrogens is 4. The minimum atomic E-state index is -1.13. The van der Waals surface area contributed by atoms with Crippen molar-refractivity contribution in [1.29, 1.82) is 0 Å². The molecule has 4 fully saturated rings. The van der Waals surface area contributed by atoms with Crippen LogP contribution in [-0.4, -0.2) is 222 Å². The van der Waals surface area contributed by atoms with Gasteiger partial charge in [0.25, 0.3) is 0 Å². The first-order valence-corrected chi connectivity index (χ1v) is 46.5. The number of fused-ring (bicyclic) bond motifs is 6. The van der Waals surface area contributed by atoms with Crippen molar-refractivity contribution in [2.45, 2.75) is 168 Å². The van der Waals surface area contributed by atoms with Crippen LogP contribution in [0.4, 0.5) is 35.3 Å². The van der Waals surface area contributed by atoms with Crippen molar-refractivity contribution < 1.29 is 81.4 Å². The highest BCUT2D eigenvalue weighted by atomic mass is 16.6. The fourth-order valence-corrected chi connectivity index (χ4v) is 19.3. The van der Waals surface area contributed by atoms with Crippen LogP contribution in [0, 0.1) is 47.4 Å². The van der Waals surface area contributed by atoms with Crippen LogP contribution in [0.2, 0.25) is 0 Å². The number of imidazole rings is 2. The van der Waals surface area contributed by atoms with Gasteiger partial charge in [0.15, 0.2) is 6.04 Å². The molecule has 4 saturated heterocycles. The van der Waals surface area contributed by atoms with Crippen LogP contribution in [-0.2, 0) is 65.2 Å². The van der Waals surface area contributed by atoms with Crippen molar-refractivity contribution in [3.05, 3.63) is 215 Å². The number of rotatable bonds is 24. The molecule has 0 unspecified atom stereocenters. The van der Waals surface area contributed by atoms with E-state index in [1.165, 1.54) is 34.0 Å². The Morgan fingerprint density at radius 3 is 1.28 bits per heavy atom. The number of benzene rings is 8. The molecule has 0 spiro atoms. The number of hydrogen-bond donors (Lipinski definition) is 7. The van der Waals surface area contributed by atoms with E-state index in [1.54, 1.807) is 55.6 Å². The van der Waals surface area contributed by atoms with Gasteiger partial charge in [-0.2, -0.15) is 0 Å². The van der Waals surface area contributed by atoms with E-state index in [-0.39, 0.29) is 71.7 Å². The molecule has 138 heavy (non-hydrogen) atoms. The Morgan fingerprint density at radius 2 is 0.877 bits per heavy atom. The number of aromatic amines is 2. The van der Waals surface area contributed by atoms with E-state index < -0.39 is 60.1 Å². The third-order valence-electron chi connectivity index (χ3n) is 25.9. The zero-order valence-electron chi connectivity index (χ0n) is 80.6. The highest BCUT2D eigenvalue weighted by molar-refractivity contribution is 6.08. The van der Waals surface area contributed by atoms with Crippen molar-refractivity contribution in [1.82, 2.24) is 60.8 Å². The number of nitrogens with zero attached hydrogens (tertiary/aromatic N) is 8. The summed E-state index contributed by atoms with van der Waals surface area (Å²) in [4.78, 5) is 148. The van der Waals surface area contributed by atoms with Crippen molar-refractivity contribution in [2.75, 3.05) is 82.1 Å². The number of likely N-dealkylation sites (tertiary alicyclic amines) is 4. The predicted molar refractivity (Wildman–Crippen MR) is 526 cm³/mol. The van der Waals surface area contributed by atoms with Gasteiger partial charge in [-0.25, -0.2) is 38.7 Å². The number of carboxylic acids is 1. The summed E-state index contributed by atoms with van der Waals surface area (Å²) in [6.07, 6.45) is 6.50. The molecular weight excluding hydrogens is 1750 g/mol. The number of methoxy groups -OCH3 is 6. The fraction of sp³-hybridized carbons (Fsp3) is 0.393. The Labute approximate surface area is 803 Å². The van der Waals surface area contributed by atoms with Gasteiger partial charge < -0.3 is 84.2 Å². The number of carboxylic acid groups (broad SMARTS) is 1. The number of amides is 8. The van der Waals surface area contributed by atoms with E-state index in [4.69, 9.17) is 53.5 Å². The molecule has 31 heteroatoms. The molecule has 0 bridgehead atoms. The van der Waals surface area contributed by atoms with E-state index in [2.05, 4.69) is 157 Å². The largest absolute Gasteiger partial charge is 0.479 e. The number of aliphatic carboxylic acids is 1. The van der Waals surface area contributed by atoms with Gasteiger partial charge in [-0.15, -0.1) is 11.8 Å². The van der Waals surface area contributed by atoms with Gasteiger partial charge in [0, 0.05) is 98.8 Å². The van der Waals surface area contributed by atoms with Gasteiger partial charge in [-0.1, -0.05) is 161 Å². The topological polar surface area (TPSA) is 382 Å². The SMILES string of the molecule is CC#Cc1cc(-c2cnc([C@@H]3CCCN3C(=O)[C@@H](NC(=O)OC)C(C)C)[nH]2)ccc1-c1ccc2c3c(ccc2c1)N=C([C@@H]1C[C@H](COC)CN1C(=O)OC(C)(C)C)C3.CC#Cc1cc(-c2cnc([C@@H]3CCCN3C(=O)[C@@H](NC(=O)OC)C(C)C)[nH]2)ccc1-c1ccc2c3c(ccc2c1)N=C([C@@H]1C[C@H](COC)CN1C(=O)[C@H](NC(=O)OC)c1ccccc1)C3.COC(=O)N[C@@H](C(=O)O)c1ccccc1. The van der Waals surface area contributed by atoms with Crippen LogP contribution in [0.15, 0.2) is 180 Å². The second-order valence-corrected chi connectivity index (χ2v) is 36.9. The summed E-state index contributed by atoms with van der Waals surface area (Å²) in [7, 11) is 8.42. The van der Waals surface area contributed by atoms with E-state index >= 15 is 0 Å². The monoisotopic (exact) mass is 1870 g/mol. The average Bonchev–Trinajstić information content (AvgIpc) is 1.55. The maximum absolute atomic E-state index is 14.4. The average molecular weight is 1870 g/mol. The fourth-order valence-electron chi connectivity index (χ4n) is 19.3. The molecule has 2 aromatic heterocycles. The lowest BCUT2D eigenvalue weighted by Crippen LogP contribution is -2.51. The maximum Gasteiger partial charge on any atom is 0.410 e. The minimum Gasteiger partial charge on any atom is -0.479 e. The van der Waals surface area contributed by atoms with Gasteiger partial charge in [-0.3, -0.25) is 29.3 Å². The van der Waals surface area contributed by atoms with Gasteiger partial charge in [-0.05, 0) is 187 Å². The second kappa shape index (κ2) is 44.4. The molecule has 8 heterocycles. The Balaban J connectivity index is 0.000000192. The number of nitrogens with one attached hydrogen (secondary N) is 6. The van der Waals surface area contributed by atoms with Gasteiger partial charge in [0.1, 0.15) is 35.4 Å². The summed E-state index contributed by atoms with van der Waals surface area (Å²) >= 11 is 0. The van der Waals surface area contributed by atoms with Crippen LogP contribution in [0.5, 0.6) is 0 Å². The molecule has 16 rings (SSSR count). The molecule has 31 nitrogen and oxygen atoms in total. The van der Waals surface area contributed by atoms with Crippen LogP contribution in [0.3, 0.4) is 0 Å². The Bertz CT molecular complexity index is 6400. The molecule has 6 aliphatic heterocycles. The van der Waals surface area contributed by atoms with E-state index in [0.717, 1.165) is 138 Å². The number of carbonyl (C=O) groups is 9. The lowest BCUT2D eigenvalue weighted by Gasteiger charge is -2.30. The van der Waals surface area contributed by atoms with Crippen molar-refractivity contribution in [3.8, 4) is 68.5 Å². The highest BCUT2D eigenvalue weighted by Crippen LogP contribution is 2.44. The third-order valence-corrected chi connectivity index (χ3v) is 25.9. The Morgan fingerprint density at radius 1 is 0.471 bits per heavy atom. The van der Waals surface area contributed by atoms with Crippen LogP contribution >= 0.6 is 0 Å². The number of carbonyl (C=O) groups excluding carboxylic acids is 8. The Hall–Kier alpha value is -14.7. The Kier molecular flexibility index (Phi) is 32.0. The second-order valence-electron chi connectivity index (χ2n) is 36.9. The third kappa shape index (κ3) is 22.7. The molecule has 8 amide bonds. The summed E-state index contributed by atoms with van der Waals surface area (Å²) in [5.41, 5.74) is 15.9. The van der Waals surface area contributed by atoms with Crippen molar-refractivity contribution >= 4 is 98.5 Å². The quantitative estimate of drug-likeness (QED) is 0.0218. The number of H-pyrrole nitrogens is 2. The smallest absolute Gasteiger partial charge is 0.410 e. The molecule has 7 N–H and O–H groups in total.